The molecule has 2 bridgehead atoms. The Balaban J connectivity index is 1.21. The van der Waals surface area contributed by atoms with Crippen molar-refractivity contribution in [1.29, 1.82) is 0 Å². The maximum atomic E-state index is 14.0. The van der Waals surface area contributed by atoms with Crippen LogP contribution in [-0.4, -0.2) is 69.9 Å². The molecule has 2 saturated carbocycles. The molecule has 4 aliphatic heterocycles. The first-order valence-corrected chi connectivity index (χ1v) is 20.0. The van der Waals surface area contributed by atoms with E-state index in [4.69, 9.17) is 24.1 Å². The van der Waals surface area contributed by atoms with Crippen molar-refractivity contribution in [3.63, 3.8) is 0 Å². The smallest absolute Gasteiger partial charge is 0.223 e. The van der Waals surface area contributed by atoms with Crippen LogP contribution in [0.15, 0.2) is 24.3 Å². The SMILES string of the molecule is CC1CC[C@H]2[C@H](C)CC[C@@H](C(C)C(O)CC(CC(O)C(C)[C@@H]3CC[C@@H](C)C4CC[C@]5(C)OC[C@@]43OO5)C(=O)NCc3ccc(F)cc3)[C@@]2(OO)CO1. The number of ether oxygens (including phenoxy) is 2. The molecule has 1 aromatic rings. The summed E-state index contributed by atoms with van der Waals surface area (Å²) < 4.78 is 26.1. The number of benzene rings is 1. The summed E-state index contributed by atoms with van der Waals surface area (Å²) in [5, 5.41) is 37.5. The minimum atomic E-state index is -0.954. The van der Waals surface area contributed by atoms with Gasteiger partial charge in [-0.2, -0.15) is 0 Å². The molecule has 294 valence electrons. The molecule has 7 rings (SSSR count). The number of carbonyl (C=O) groups is 1. The highest BCUT2D eigenvalue weighted by Crippen LogP contribution is 2.56. The van der Waals surface area contributed by atoms with E-state index in [0.29, 0.717) is 18.4 Å². The van der Waals surface area contributed by atoms with Gasteiger partial charge in [-0.25, -0.2) is 19.1 Å². The molecule has 1 amide bonds. The van der Waals surface area contributed by atoms with Crippen molar-refractivity contribution in [2.45, 2.75) is 148 Å². The zero-order valence-corrected chi connectivity index (χ0v) is 32.1. The molecular weight excluding hydrogens is 669 g/mol. The topological polar surface area (TPSA) is 136 Å². The maximum absolute atomic E-state index is 14.0. The van der Waals surface area contributed by atoms with E-state index in [1.54, 1.807) is 12.1 Å². The van der Waals surface area contributed by atoms with Crippen molar-refractivity contribution in [2.24, 2.45) is 53.3 Å². The Morgan fingerprint density at radius 1 is 0.885 bits per heavy atom. The molecule has 4 saturated heterocycles. The Morgan fingerprint density at radius 2 is 1.52 bits per heavy atom. The number of aliphatic hydroxyl groups is 2. The fraction of sp³-hybridized carbons (Fsp3) is 0.829. The van der Waals surface area contributed by atoms with Gasteiger partial charge in [0.1, 0.15) is 17.0 Å². The predicted molar refractivity (Wildman–Crippen MR) is 192 cm³/mol. The molecule has 2 aliphatic carbocycles. The molecule has 1 aromatic carbocycles. The summed E-state index contributed by atoms with van der Waals surface area (Å²) in [6.07, 6.45) is 5.45. The standard InChI is InChI=1S/C41H64FNO9/c1-24-7-14-34(40(50-47)22-48-26(3)9-16-32(24)40)27(4)36(44)19-30(38(46)43-21-29-10-12-31(42)13-11-29)20-37(45)28(5)35-15-8-25(2)33-17-18-39(6)49-23-41(33,35)52-51-39/h10-13,24-28,30,32-37,44-45,47H,7-9,14-23H2,1-6H3,(H,43,46)/t24-,25-,26?,27?,28?,30?,32+,33?,34+,35+,36?,37?,39-,40-,41-/m1/s1. The summed E-state index contributed by atoms with van der Waals surface area (Å²) in [6.45, 7) is 13.3. The fourth-order valence-corrected chi connectivity index (χ4v) is 11.1. The molecule has 4 heterocycles. The second-order valence-corrected chi connectivity index (χ2v) is 17.7. The fourth-order valence-electron chi connectivity index (χ4n) is 11.1. The monoisotopic (exact) mass is 733 g/mol. The van der Waals surface area contributed by atoms with Crippen LogP contribution >= 0.6 is 0 Å². The molecule has 7 unspecified atom stereocenters. The summed E-state index contributed by atoms with van der Waals surface area (Å²) in [5.74, 6) is -1.91. The highest BCUT2D eigenvalue weighted by molar-refractivity contribution is 5.78. The van der Waals surface area contributed by atoms with E-state index >= 15 is 0 Å². The minimum absolute atomic E-state index is 0.0465. The molecule has 10 nitrogen and oxygen atoms in total. The van der Waals surface area contributed by atoms with Gasteiger partial charge in [0.2, 0.25) is 5.91 Å². The van der Waals surface area contributed by atoms with Gasteiger partial charge in [-0.15, -0.1) is 0 Å². The van der Waals surface area contributed by atoms with E-state index in [1.807, 2.05) is 27.7 Å². The normalized spacial score (nSPS) is 40.6. The van der Waals surface area contributed by atoms with Gasteiger partial charge < -0.3 is 25.0 Å². The van der Waals surface area contributed by atoms with E-state index in [1.165, 1.54) is 12.1 Å². The van der Waals surface area contributed by atoms with Crippen molar-refractivity contribution in [1.82, 2.24) is 5.32 Å². The van der Waals surface area contributed by atoms with Crippen LogP contribution in [0.4, 0.5) is 4.39 Å². The third-order valence-electron chi connectivity index (χ3n) is 14.6. The summed E-state index contributed by atoms with van der Waals surface area (Å²) in [5.41, 5.74) is -0.891. The third-order valence-corrected chi connectivity index (χ3v) is 14.6. The van der Waals surface area contributed by atoms with Crippen LogP contribution in [0.1, 0.15) is 111 Å². The zero-order chi connectivity index (χ0) is 37.4. The number of halogens is 1. The second kappa shape index (κ2) is 16.2. The number of carbonyl (C=O) groups excluding carboxylic acids is 1. The molecule has 15 atom stereocenters. The van der Waals surface area contributed by atoms with Crippen LogP contribution in [-0.2, 0) is 35.5 Å². The lowest BCUT2D eigenvalue weighted by atomic mass is 9.58. The Kier molecular flexibility index (Phi) is 12.4. The minimum Gasteiger partial charge on any atom is -0.393 e. The Labute approximate surface area is 309 Å². The quantitative estimate of drug-likeness (QED) is 0.135. The Hall–Kier alpha value is -1.70. The van der Waals surface area contributed by atoms with Crippen molar-refractivity contribution in [3.05, 3.63) is 35.6 Å². The van der Waals surface area contributed by atoms with E-state index in [9.17, 15) is 24.7 Å². The third kappa shape index (κ3) is 7.85. The second-order valence-electron chi connectivity index (χ2n) is 17.7. The average molecular weight is 734 g/mol. The van der Waals surface area contributed by atoms with Crippen LogP contribution in [0.3, 0.4) is 0 Å². The number of hydrogen-bond acceptors (Lipinski definition) is 9. The van der Waals surface area contributed by atoms with Gasteiger partial charge in [-0.1, -0.05) is 39.8 Å². The Bertz CT molecular complexity index is 1300. The van der Waals surface area contributed by atoms with Crippen LogP contribution in [0.2, 0.25) is 0 Å². The molecule has 4 N–H and O–H groups in total. The van der Waals surface area contributed by atoms with Gasteiger partial charge in [0.15, 0.2) is 5.79 Å². The van der Waals surface area contributed by atoms with Gasteiger partial charge >= 0.3 is 0 Å². The molecule has 11 heteroatoms. The maximum Gasteiger partial charge on any atom is 0.223 e. The lowest BCUT2D eigenvalue weighted by molar-refractivity contribution is -0.517. The van der Waals surface area contributed by atoms with E-state index in [0.717, 1.165) is 56.9 Å². The van der Waals surface area contributed by atoms with Crippen LogP contribution in [0.25, 0.3) is 0 Å². The molecule has 1 spiro atoms. The van der Waals surface area contributed by atoms with Crippen molar-refractivity contribution in [3.8, 4) is 0 Å². The van der Waals surface area contributed by atoms with Crippen LogP contribution in [0, 0.1) is 59.1 Å². The van der Waals surface area contributed by atoms with Gasteiger partial charge in [-0.3, -0.25) is 10.1 Å². The molecule has 0 radical (unpaired) electrons. The van der Waals surface area contributed by atoms with Gasteiger partial charge in [0.25, 0.3) is 0 Å². The van der Waals surface area contributed by atoms with E-state index in [-0.39, 0.29) is 79.3 Å². The van der Waals surface area contributed by atoms with Gasteiger partial charge in [0, 0.05) is 18.9 Å². The largest absolute Gasteiger partial charge is 0.393 e. The van der Waals surface area contributed by atoms with Gasteiger partial charge in [0.05, 0.1) is 31.5 Å². The number of amides is 1. The summed E-state index contributed by atoms with van der Waals surface area (Å²) in [6, 6.07) is 5.99. The molecular formula is C41H64FNO9. The first-order valence-electron chi connectivity index (χ1n) is 20.0. The van der Waals surface area contributed by atoms with E-state index in [2.05, 4.69) is 19.2 Å². The summed E-state index contributed by atoms with van der Waals surface area (Å²) >= 11 is 0. The lowest BCUT2D eigenvalue weighted by Crippen LogP contribution is -2.61. The summed E-state index contributed by atoms with van der Waals surface area (Å²) in [4.78, 5) is 31.7. The van der Waals surface area contributed by atoms with Crippen molar-refractivity contribution in [2.75, 3.05) is 13.2 Å². The van der Waals surface area contributed by atoms with Crippen molar-refractivity contribution >= 4 is 5.91 Å². The van der Waals surface area contributed by atoms with E-state index < -0.39 is 35.1 Å². The van der Waals surface area contributed by atoms with Crippen molar-refractivity contribution < 1.29 is 48.8 Å². The van der Waals surface area contributed by atoms with Crippen LogP contribution < -0.4 is 5.32 Å². The first kappa shape index (κ1) is 40.0. The number of fused-ring (bicyclic) bond motifs is 4. The van der Waals surface area contributed by atoms with Gasteiger partial charge in [-0.05, 0) is 137 Å². The predicted octanol–water partition coefficient (Wildman–Crippen LogP) is 6.81. The Morgan fingerprint density at radius 3 is 2.15 bits per heavy atom. The summed E-state index contributed by atoms with van der Waals surface area (Å²) in [7, 11) is 0. The average Bonchev–Trinajstić information content (AvgIpc) is 3.49. The molecule has 6 fully saturated rings. The number of rotatable bonds is 12. The zero-order valence-electron chi connectivity index (χ0n) is 32.1. The highest BCUT2D eigenvalue weighted by atomic mass is 19.1. The van der Waals surface area contributed by atoms with Crippen LogP contribution in [0.5, 0.6) is 0 Å². The lowest BCUT2D eigenvalue weighted by Gasteiger charge is -2.54. The number of nitrogens with one attached hydrogen (secondary N) is 1. The molecule has 0 aromatic heterocycles. The number of hydrogen-bond donors (Lipinski definition) is 4. The number of aliphatic hydroxyl groups excluding tert-OH is 2. The molecule has 52 heavy (non-hydrogen) atoms. The highest BCUT2D eigenvalue weighted by Gasteiger charge is 2.61. The first-order chi connectivity index (χ1) is 24.7. The molecule has 6 aliphatic rings.